The molecule has 0 aromatic rings. The first-order chi connectivity index (χ1) is 8.25. The predicted octanol–water partition coefficient (Wildman–Crippen LogP) is 1.85. The Morgan fingerprint density at radius 2 is 1.56 bits per heavy atom. The highest BCUT2D eigenvalue weighted by molar-refractivity contribution is 6.68. The molecule has 104 valence electrons. The fraction of sp³-hybridized carbons (Fsp3) is 0.818. The fourth-order valence-electron chi connectivity index (χ4n) is 2.19. The quantitative estimate of drug-likeness (QED) is 0.586. The first kappa shape index (κ1) is 16.2. The topological polar surface area (TPSA) is 46.6 Å². The van der Waals surface area contributed by atoms with Gasteiger partial charge >= 0.3 is 0 Å². The summed E-state index contributed by atoms with van der Waals surface area (Å²) in [7, 11) is 0. The Morgan fingerprint density at radius 3 is 1.89 bits per heavy atom. The summed E-state index contributed by atoms with van der Waals surface area (Å²) in [6.07, 6.45) is 0. The maximum atomic E-state index is 11.7. The van der Waals surface area contributed by atoms with E-state index in [1.165, 1.54) is 13.8 Å². The average Bonchev–Trinajstić information content (AvgIpc) is 2.24. The minimum Gasteiger partial charge on any atom is -0.379 e. The molecule has 0 bridgehead atoms. The summed E-state index contributed by atoms with van der Waals surface area (Å²) in [5.41, 5.74) is 0. The molecule has 0 aromatic heterocycles. The van der Waals surface area contributed by atoms with Gasteiger partial charge in [-0.05, 0) is 13.8 Å². The van der Waals surface area contributed by atoms with E-state index in [4.69, 9.17) is 39.5 Å². The number of carbonyl (C=O) groups is 2. The summed E-state index contributed by atoms with van der Waals surface area (Å²) in [5, 5.41) is 0. The monoisotopic (exact) mass is 315 g/mol. The summed E-state index contributed by atoms with van der Waals surface area (Å²) < 4.78 is 3.53. The average molecular weight is 317 g/mol. The van der Waals surface area contributed by atoms with Crippen LogP contribution in [0.3, 0.4) is 0 Å². The maximum absolute atomic E-state index is 11.7. The van der Waals surface area contributed by atoms with Crippen LogP contribution in [0.1, 0.15) is 13.8 Å². The lowest BCUT2D eigenvalue weighted by Crippen LogP contribution is -2.56. The van der Waals surface area contributed by atoms with Gasteiger partial charge in [-0.1, -0.05) is 34.8 Å². The maximum Gasteiger partial charge on any atom is 0.206 e. The molecule has 1 atom stereocenters. The molecule has 0 aromatic carbocycles. The molecule has 0 radical (unpaired) electrons. The molecule has 1 fully saturated rings. The minimum absolute atomic E-state index is 0.287. The van der Waals surface area contributed by atoms with Crippen LogP contribution in [0, 0.1) is 5.92 Å². The second kappa shape index (κ2) is 6.53. The van der Waals surface area contributed by atoms with Gasteiger partial charge in [0.05, 0.1) is 25.2 Å². The van der Waals surface area contributed by atoms with Gasteiger partial charge in [-0.3, -0.25) is 14.5 Å². The molecule has 1 aliphatic rings. The third kappa shape index (κ3) is 4.07. The minimum atomic E-state index is -1.70. The molecule has 1 aliphatic heterocycles. The molecule has 1 saturated heterocycles. The summed E-state index contributed by atoms with van der Waals surface area (Å²) in [6, 6.07) is -0.749. The summed E-state index contributed by atoms with van der Waals surface area (Å²) in [5.74, 6) is -1.49. The molecular weight excluding hydrogens is 300 g/mol. The van der Waals surface area contributed by atoms with Crippen LogP contribution >= 0.6 is 34.8 Å². The lowest BCUT2D eigenvalue weighted by molar-refractivity contribution is -0.134. The Labute approximate surface area is 121 Å². The van der Waals surface area contributed by atoms with E-state index in [0.29, 0.717) is 26.3 Å². The Balaban J connectivity index is 3.02. The van der Waals surface area contributed by atoms with Gasteiger partial charge < -0.3 is 4.74 Å². The highest BCUT2D eigenvalue weighted by Gasteiger charge is 2.46. The number of ketones is 2. The molecule has 0 spiro atoms. The number of carbonyl (C=O) groups excluding carboxylic acids is 2. The third-order valence-corrected chi connectivity index (χ3v) is 3.64. The molecule has 1 unspecified atom stereocenters. The summed E-state index contributed by atoms with van der Waals surface area (Å²) >= 11 is 17.9. The van der Waals surface area contributed by atoms with Crippen molar-refractivity contribution in [3.05, 3.63) is 0 Å². The van der Waals surface area contributed by atoms with E-state index < -0.39 is 15.8 Å². The van der Waals surface area contributed by atoms with Crippen LogP contribution in [0.2, 0.25) is 0 Å². The van der Waals surface area contributed by atoms with E-state index in [0.717, 1.165) is 0 Å². The molecule has 4 nitrogen and oxygen atoms in total. The molecule has 0 saturated carbocycles. The Morgan fingerprint density at radius 1 is 1.11 bits per heavy atom. The van der Waals surface area contributed by atoms with Crippen molar-refractivity contribution in [2.75, 3.05) is 26.3 Å². The smallest absolute Gasteiger partial charge is 0.206 e. The second-order valence-corrected chi connectivity index (χ2v) is 6.70. The van der Waals surface area contributed by atoms with E-state index in [-0.39, 0.29) is 11.6 Å². The van der Waals surface area contributed by atoms with Crippen molar-refractivity contribution >= 4 is 46.4 Å². The van der Waals surface area contributed by atoms with E-state index in [1.807, 2.05) is 4.90 Å². The Hall–Kier alpha value is 0.130. The normalized spacial score (nSPS) is 19.9. The molecule has 1 rings (SSSR count). The fourth-order valence-corrected chi connectivity index (χ4v) is 2.99. The first-order valence-corrected chi connectivity index (χ1v) is 6.78. The van der Waals surface area contributed by atoms with Crippen molar-refractivity contribution in [2.45, 2.75) is 23.7 Å². The van der Waals surface area contributed by atoms with Gasteiger partial charge in [-0.15, -0.1) is 0 Å². The predicted molar refractivity (Wildman–Crippen MR) is 71.3 cm³/mol. The number of ether oxygens (including phenoxy) is 1. The number of alkyl halides is 3. The van der Waals surface area contributed by atoms with E-state index in [1.54, 1.807) is 0 Å². The number of halogens is 3. The van der Waals surface area contributed by atoms with Crippen LogP contribution in [-0.4, -0.2) is 52.6 Å². The number of hydrogen-bond acceptors (Lipinski definition) is 4. The van der Waals surface area contributed by atoms with E-state index in [2.05, 4.69) is 0 Å². The number of hydrogen-bond donors (Lipinski definition) is 0. The van der Waals surface area contributed by atoms with Gasteiger partial charge in [0.1, 0.15) is 11.6 Å². The summed E-state index contributed by atoms with van der Waals surface area (Å²) in [6.45, 7) is 4.76. The highest BCUT2D eigenvalue weighted by Crippen LogP contribution is 2.38. The molecule has 1 heterocycles. The van der Waals surface area contributed by atoms with Crippen LogP contribution in [0.5, 0.6) is 0 Å². The Kier molecular flexibility index (Phi) is 5.87. The molecular formula is C11H16Cl3NO3. The molecule has 18 heavy (non-hydrogen) atoms. The van der Waals surface area contributed by atoms with Gasteiger partial charge in [0.25, 0.3) is 0 Å². The number of Topliss-reactive ketones (excluding diaryl/α,β-unsaturated/α-hetero) is 2. The van der Waals surface area contributed by atoms with Crippen LogP contribution in [0.15, 0.2) is 0 Å². The zero-order chi connectivity index (χ0) is 13.9. The van der Waals surface area contributed by atoms with E-state index in [9.17, 15) is 9.59 Å². The Bertz CT molecular complexity index is 310. The van der Waals surface area contributed by atoms with Crippen LogP contribution in [-0.2, 0) is 14.3 Å². The standard InChI is InChI=1S/C11H16Cl3NO3/c1-7(16)9(8(2)17)10(11(12,13)14)15-3-5-18-6-4-15/h9-10H,3-6H2,1-2H3. The van der Waals surface area contributed by atoms with E-state index >= 15 is 0 Å². The summed E-state index contributed by atoms with van der Waals surface area (Å²) in [4.78, 5) is 25.2. The van der Waals surface area contributed by atoms with Gasteiger partial charge in [0, 0.05) is 13.1 Å². The van der Waals surface area contributed by atoms with Crippen molar-refractivity contribution in [1.29, 1.82) is 0 Å². The van der Waals surface area contributed by atoms with Crippen LogP contribution < -0.4 is 0 Å². The van der Waals surface area contributed by atoms with Crippen molar-refractivity contribution in [2.24, 2.45) is 5.92 Å². The van der Waals surface area contributed by atoms with Crippen LogP contribution in [0.25, 0.3) is 0 Å². The first-order valence-electron chi connectivity index (χ1n) is 5.64. The molecule has 0 amide bonds. The lowest BCUT2D eigenvalue weighted by Gasteiger charge is -2.40. The van der Waals surface area contributed by atoms with Gasteiger partial charge in [-0.25, -0.2) is 0 Å². The zero-order valence-electron chi connectivity index (χ0n) is 10.3. The van der Waals surface area contributed by atoms with Crippen LogP contribution in [0.4, 0.5) is 0 Å². The molecule has 0 N–H and O–H groups in total. The third-order valence-electron chi connectivity index (χ3n) is 2.97. The van der Waals surface area contributed by atoms with Crippen molar-refractivity contribution in [1.82, 2.24) is 4.90 Å². The number of rotatable bonds is 4. The number of morpholine rings is 1. The van der Waals surface area contributed by atoms with Crippen molar-refractivity contribution in [3.8, 4) is 0 Å². The lowest BCUT2D eigenvalue weighted by atomic mass is 9.91. The van der Waals surface area contributed by atoms with Crippen molar-refractivity contribution in [3.63, 3.8) is 0 Å². The zero-order valence-corrected chi connectivity index (χ0v) is 12.6. The second-order valence-electron chi connectivity index (χ2n) is 4.33. The number of nitrogens with zero attached hydrogens (tertiary/aromatic N) is 1. The molecule has 7 heteroatoms. The largest absolute Gasteiger partial charge is 0.379 e. The SMILES string of the molecule is CC(=O)C(C(C)=O)C(N1CCOCC1)C(Cl)(Cl)Cl. The highest BCUT2D eigenvalue weighted by atomic mass is 35.6. The van der Waals surface area contributed by atoms with Gasteiger partial charge in [-0.2, -0.15) is 0 Å². The van der Waals surface area contributed by atoms with Crippen molar-refractivity contribution < 1.29 is 14.3 Å². The molecule has 0 aliphatic carbocycles. The van der Waals surface area contributed by atoms with Gasteiger partial charge in [0.15, 0.2) is 0 Å². The van der Waals surface area contributed by atoms with Gasteiger partial charge in [0.2, 0.25) is 3.79 Å².